The molecule has 0 aliphatic carbocycles. The summed E-state index contributed by atoms with van der Waals surface area (Å²) in [6.07, 6.45) is 2.57. The molecule has 1 atom stereocenters. The fourth-order valence-corrected chi connectivity index (χ4v) is 5.41. The fraction of sp³-hybridized carbons (Fsp3) is 0.393. The minimum atomic E-state index is -0.831. The van der Waals surface area contributed by atoms with E-state index in [9.17, 15) is 14.4 Å². The molecule has 2 aliphatic heterocycles. The zero-order valence-electron chi connectivity index (χ0n) is 21.9. The molecule has 1 N–H and O–H groups in total. The molecule has 0 spiro atoms. The van der Waals surface area contributed by atoms with Gasteiger partial charge in [0.05, 0.1) is 19.9 Å². The molecule has 0 aromatic heterocycles. The number of fused-ring (bicyclic) bond motifs is 1. The maximum atomic E-state index is 13.5. The predicted octanol–water partition coefficient (Wildman–Crippen LogP) is 4.79. The molecule has 36 heavy (non-hydrogen) atoms. The van der Waals surface area contributed by atoms with Crippen molar-refractivity contribution in [2.24, 2.45) is 0 Å². The quantitative estimate of drug-likeness (QED) is 0.478. The monoisotopic (exact) mass is 491 g/mol. The van der Waals surface area contributed by atoms with Gasteiger partial charge in [0.15, 0.2) is 0 Å². The van der Waals surface area contributed by atoms with Gasteiger partial charge < -0.3 is 14.4 Å². The minimum Gasteiger partial charge on any atom is -0.497 e. The van der Waals surface area contributed by atoms with Crippen LogP contribution < -0.4 is 24.6 Å². The number of benzene rings is 2. The Morgan fingerprint density at radius 3 is 2.44 bits per heavy atom. The number of hydrogen-bond acceptors (Lipinski definition) is 6. The molecule has 2 aromatic carbocycles. The van der Waals surface area contributed by atoms with Crippen LogP contribution in [0.15, 0.2) is 35.9 Å². The third kappa shape index (κ3) is 4.21. The lowest BCUT2D eigenvalue weighted by molar-refractivity contribution is -0.122. The molecule has 8 nitrogen and oxygen atoms in total. The molecule has 0 saturated carbocycles. The van der Waals surface area contributed by atoms with Gasteiger partial charge >= 0.3 is 6.03 Å². The molecule has 1 fully saturated rings. The van der Waals surface area contributed by atoms with E-state index in [1.165, 1.54) is 25.5 Å². The number of methoxy groups -OCH3 is 2. The van der Waals surface area contributed by atoms with E-state index in [-0.39, 0.29) is 22.5 Å². The van der Waals surface area contributed by atoms with Crippen LogP contribution in [0.4, 0.5) is 16.2 Å². The van der Waals surface area contributed by atoms with Gasteiger partial charge in [-0.1, -0.05) is 6.92 Å². The van der Waals surface area contributed by atoms with Crippen LogP contribution in [-0.4, -0.2) is 44.1 Å². The Hall–Kier alpha value is -3.81. The van der Waals surface area contributed by atoms with Crippen molar-refractivity contribution in [3.05, 3.63) is 52.6 Å². The van der Waals surface area contributed by atoms with Crippen molar-refractivity contribution in [2.45, 2.75) is 52.5 Å². The van der Waals surface area contributed by atoms with E-state index in [1.54, 1.807) is 24.3 Å². The summed E-state index contributed by atoms with van der Waals surface area (Å²) in [7, 11) is 2.94. The number of amides is 4. The Bertz CT molecular complexity index is 1280. The summed E-state index contributed by atoms with van der Waals surface area (Å²) in [5, 5.41) is 2.29. The van der Waals surface area contributed by atoms with Crippen molar-refractivity contribution in [3.63, 3.8) is 0 Å². The zero-order valence-corrected chi connectivity index (χ0v) is 21.9. The second-order valence-electron chi connectivity index (χ2n) is 9.93. The Balaban J connectivity index is 1.79. The van der Waals surface area contributed by atoms with Gasteiger partial charge in [-0.2, -0.15) is 0 Å². The van der Waals surface area contributed by atoms with Crippen LogP contribution in [-0.2, 0) is 9.59 Å². The molecular weight excluding hydrogens is 458 g/mol. The third-order valence-corrected chi connectivity index (χ3v) is 7.12. The van der Waals surface area contributed by atoms with Crippen LogP contribution >= 0.6 is 0 Å². The lowest BCUT2D eigenvalue weighted by atomic mass is 9.79. The highest BCUT2D eigenvalue weighted by molar-refractivity contribution is 6.39. The molecule has 0 bridgehead atoms. The van der Waals surface area contributed by atoms with Gasteiger partial charge in [-0.25, -0.2) is 9.69 Å². The first-order chi connectivity index (χ1) is 17.0. The number of carbonyl (C=O) groups is 3. The zero-order chi connectivity index (χ0) is 26.4. The van der Waals surface area contributed by atoms with Crippen LogP contribution in [0.5, 0.6) is 11.5 Å². The van der Waals surface area contributed by atoms with Gasteiger partial charge in [0.1, 0.15) is 17.1 Å². The average molecular weight is 492 g/mol. The molecule has 2 aliphatic rings. The number of hydrogen-bond donors (Lipinski definition) is 1. The Morgan fingerprint density at radius 1 is 1.08 bits per heavy atom. The van der Waals surface area contributed by atoms with E-state index in [1.807, 2.05) is 6.92 Å². The number of nitrogens with one attached hydrogen (secondary N) is 1. The minimum absolute atomic E-state index is 0.0328. The van der Waals surface area contributed by atoms with Crippen molar-refractivity contribution in [1.82, 2.24) is 5.32 Å². The number of imide groups is 2. The van der Waals surface area contributed by atoms with E-state index in [4.69, 9.17) is 9.47 Å². The van der Waals surface area contributed by atoms with Crippen molar-refractivity contribution in [2.75, 3.05) is 30.6 Å². The SMILES string of the molecule is CCN1c2cc(C)c(/C=C3\C(=O)NC(=O)N(c4ccc(OC)cc4OC)C3=O)cc2[C@@H](C)CC1(C)C. The second-order valence-corrected chi connectivity index (χ2v) is 9.93. The molecule has 4 amide bonds. The van der Waals surface area contributed by atoms with E-state index >= 15 is 0 Å². The largest absolute Gasteiger partial charge is 0.497 e. The molecule has 8 heteroatoms. The standard InChI is InChI=1S/C28H33N3O5/c1-8-30-23-11-16(2)18(12-20(23)17(3)15-28(30,4)5)13-21-25(32)29-27(34)31(26(21)33)22-10-9-19(35-6)14-24(22)36-7/h9-14,17H,8,15H2,1-7H3,(H,29,32,34)/b21-13+/t17-/m0/s1. The number of ether oxygens (including phenoxy) is 2. The van der Waals surface area contributed by atoms with E-state index in [0.29, 0.717) is 11.7 Å². The number of rotatable bonds is 5. The summed E-state index contributed by atoms with van der Waals surface area (Å²) >= 11 is 0. The molecule has 2 heterocycles. The normalized spacial score (nSPS) is 20.4. The fourth-order valence-electron chi connectivity index (χ4n) is 5.41. The van der Waals surface area contributed by atoms with Gasteiger partial charge in [-0.3, -0.25) is 14.9 Å². The maximum absolute atomic E-state index is 13.5. The van der Waals surface area contributed by atoms with Crippen LogP contribution in [0.3, 0.4) is 0 Å². The van der Waals surface area contributed by atoms with Crippen molar-refractivity contribution in [1.29, 1.82) is 0 Å². The van der Waals surface area contributed by atoms with E-state index in [0.717, 1.165) is 29.0 Å². The molecule has 1 saturated heterocycles. The lowest BCUT2D eigenvalue weighted by Crippen LogP contribution is -2.54. The third-order valence-electron chi connectivity index (χ3n) is 7.12. The van der Waals surface area contributed by atoms with Crippen molar-refractivity contribution < 1.29 is 23.9 Å². The highest BCUT2D eigenvalue weighted by Gasteiger charge is 2.39. The number of barbiturate groups is 1. The first kappa shape index (κ1) is 25.3. The maximum Gasteiger partial charge on any atom is 0.336 e. The van der Waals surface area contributed by atoms with Crippen LogP contribution in [0.2, 0.25) is 0 Å². The molecular formula is C28H33N3O5. The van der Waals surface area contributed by atoms with Crippen molar-refractivity contribution in [3.8, 4) is 11.5 Å². The molecule has 2 aromatic rings. The molecule has 0 unspecified atom stereocenters. The summed E-state index contributed by atoms with van der Waals surface area (Å²) < 4.78 is 10.6. The number of urea groups is 1. The smallest absolute Gasteiger partial charge is 0.336 e. The number of aryl methyl sites for hydroxylation is 1. The van der Waals surface area contributed by atoms with Gasteiger partial charge in [-0.05, 0) is 87.1 Å². The summed E-state index contributed by atoms with van der Waals surface area (Å²) in [6.45, 7) is 11.7. The number of carbonyl (C=O) groups excluding carboxylic acids is 3. The van der Waals surface area contributed by atoms with Crippen molar-refractivity contribution >= 4 is 35.3 Å². The second kappa shape index (κ2) is 9.33. The first-order valence-electron chi connectivity index (χ1n) is 12.1. The molecule has 0 radical (unpaired) electrons. The first-order valence-corrected chi connectivity index (χ1v) is 12.1. The highest BCUT2D eigenvalue weighted by Crippen LogP contribution is 2.44. The Kier molecular flexibility index (Phi) is 6.56. The average Bonchev–Trinajstić information content (AvgIpc) is 2.82. The van der Waals surface area contributed by atoms with Crippen LogP contribution in [0, 0.1) is 6.92 Å². The number of anilines is 2. The van der Waals surface area contributed by atoms with Gasteiger partial charge in [-0.15, -0.1) is 0 Å². The summed E-state index contributed by atoms with van der Waals surface area (Å²) in [5.74, 6) is -0.347. The lowest BCUT2D eigenvalue weighted by Gasteiger charge is -2.47. The Morgan fingerprint density at radius 2 is 1.81 bits per heavy atom. The van der Waals surface area contributed by atoms with Gasteiger partial charge in [0.2, 0.25) is 0 Å². The van der Waals surface area contributed by atoms with Crippen LogP contribution in [0.25, 0.3) is 6.08 Å². The number of nitrogens with zero attached hydrogens (tertiary/aromatic N) is 2. The van der Waals surface area contributed by atoms with Crippen LogP contribution in [0.1, 0.15) is 56.7 Å². The summed E-state index contributed by atoms with van der Waals surface area (Å²) in [5.41, 5.74) is 4.21. The highest BCUT2D eigenvalue weighted by atomic mass is 16.5. The molecule has 190 valence electrons. The van der Waals surface area contributed by atoms with E-state index < -0.39 is 17.8 Å². The topological polar surface area (TPSA) is 88.2 Å². The van der Waals surface area contributed by atoms with Gasteiger partial charge in [0.25, 0.3) is 11.8 Å². The predicted molar refractivity (Wildman–Crippen MR) is 140 cm³/mol. The molecule has 4 rings (SSSR count). The van der Waals surface area contributed by atoms with Gasteiger partial charge in [0, 0.05) is 23.8 Å². The van der Waals surface area contributed by atoms with E-state index in [2.05, 4.69) is 50.0 Å². The summed E-state index contributed by atoms with van der Waals surface area (Å²) in [4.78, 5) is 42.3. The summed E-state index contributed by atoms with van der Waals surface area (Å²) in [6, 6.07) is 8.11. The Labute approximate surface area is 211 Å².